The van der Waals surface area contributed by atoms with Gasteiger partial charge in [-0.15, -0.1) is 11.3 Å². The highest BCUT2D eigenvalue weighted by Gasteiger charge is 2.16. The summed E-state index contributed by atoms with van der Waals surface area (Å²) in [5.41, 5.74) is 0.604. The van der Waals surface area contributed by atoms with Gasteiger partial charge in [0.15, 0.2) is 6.61 Å². The fourth-order valence-electron chi connectivity index (χ4n) is 1.23. The second kappa shape index (κ2) is 6.71. The second-order valence-corrected chi connectivity index (χ2v) is 4.68. The number of carbonyl (C=O) groups excluding carboxylic acids is 2. The van der Waals surface area contributed by atoms with Gasteiger partial charge in [-0.1, -0.05) is 0 Å². The van der Waals surface area contributed by atoms with E-state index in [1.165, 1.54) is 11.3 Å². The SMILES string of the molecule is Cc1nc(C)c(C(=O)OCC(=O)NCCC#N)s1. The lowest BCUT2D eigenvalue weighted by molar-refractivity contribution is -0.124. The monoisotopic (exact) mass is 267 g/mol. The normalized spacial score (nSPS) is 9.61. The van der Waals surface area contributed by atoms with Crippen molar-refractivity contribution in [3.63, 3.8) is 0 Å². The molecule has 18 heavy (non-hydrogen) atoms. The topological polar surface area (TPSA) is 92.1 Å². The van der Waals surface area contributed by atoms with Gasteiger partial charge in [-0.2, -0.15) is 5.26 Å². The molecule has 1 N–H and O–H groups in total. The second-order valence-electron chi connectivity index (χ2n) is 3.48. The van der Waals surface area contributed by atoms with Gasteiger partial charge in [0, 0.05) is 6.54 Å². The van der Waals surface area contributed by atoms with Gasteiger partial charge in [-0.25, -0.2) is 9.78 Å². The van der Waals surface area contributed by atoms with Crippen molar-refractivity contribution in [3.8, 4) is 6.07 Å². The summed E-state index contributed by atoms with van der Waals surface area (Å²) in [6.45, 7) is 3.42. The van der Waals surface area contributed by atoms with E-state index in [0.717, 1.165) is 5.01 Å². The minimum atomic E-state index is -0.548. The molecule has 1 amide bonds. The number of aromatic nitrogens is 1. The van der Waals surface area contributed by atoms with E-state index in [0.29, 0.717) is 10.6 Å². The van der Waals surface area contributed by atoms with Gasteiger partial charge in [0.2, 0.25) is 0 Å². The van der Waals surface area contributed by atoms with Crippen LogP contribution < -0.4 is 5.32 Å². The van der Waals surface area contributed by atoms with Crippen molar-refractivity contribution in [2.24, 2.45) is 0 Å². The Kier molecular flexibility index (Phi) is 5.27. The van der Waals surface area contributed by atoms with Gasteiger partial charge in [-0.3, -0.25) is 4.79 Å². The minimum Gasteiger partial charge on any atom is -0.451 e. The quantitative estimate of drug-likeness (QED) is 0.633. The summed E-state index contributed by atoms with van der Waals surface area (Å²) in [6.07, 6.45) is 0.229. The van der Waals surface area contributed by atoms with Crippen molar-refractivity contribution >= 4 is 23.2 Å². The van der Waals surface area contributed by atoms with Crippen LogP contribution in [0.15, 0.2) is 0 Å². The molecule has 0 saturated carbocycles. The molecule has 0 aromatic carbocycles. The number of ether oxygens (including phenoxy) is 1. The number of carbonyl (C=O) groups is 2. The summed E-state index contributed by atoms with van der Waals surface area (Å²) >= 11 is 1.24. The van der Waals surface area contributed by atoms with Crippen LogP contribution in [0.1, 0.15) is 26.8 Å². The number of amides is 1. The maximum atomic E-state index is 11.6. The zero-order chi connectivity index (χ0) is 13.5. The lowest BCUT2D eigenvalue weighted by Crippen LogP contribution is -2.29. The van der Waals surface area contributed by atoms with Crippen molar-refractivity contribution in [3.05, 3.63) is 15.6 Å². The third kappa shape index (κ3) is 4.14. The fourth-order valence-corrected chi connectivity index (χ4v) is 2.04. The molecule has 1 aromatic heterocycles. The zero-order valence-corrected chi connectivity index (χ0v) is 11.0. The molecule has 0 aliphatic carbocycles. The summed E-state index contributed by atoms with van der Waals surface area (Å²) < 4.78 is 4.85. The first-order valence-electron chi connectivity index (χ1n) is 5.29. The van der Waals surface area contributed by atoms with Crippen LogP contribution in [0.5, 0.6) is 0 Å². The standard InChI is InChI=1S/C11H13N3O3S/c1-7-10(18-8(2)14-7)11(16)17-6-9(15)13-5-3-4-12/h3,5-6H2,1-2H3,(H,13,15). The van der Waals surface area contributed by atoms with Gasteiger partial charge in [0.1, 0.15) is 4.88 Å². The van der Waals surface area contributed by atoms with E-state index in [9.17, 15) is 9.59 Å². The van der Waals surface area contributed by atoms with Crippen molar-refractivity contribution in [2.45, 2.75) is 20.3 Å². The summed E-state index contributed by atoms with van der Waals surface area (Å²) in [6, 6.07) is 1.89. The Morgan fingerprint density at radius 2 is 2.22 bits per heavy atom. The van der Waals surface area contributed by atoms with E-state index < -0.39 is 11.9 Å². The molecule has 0 aliphatic heterocycles. The molecule has 1 heterocycles. The van der Waals surface area contributed by atoms with E-state index in [1.807, 2.05) is 6.07 Å². The molecular formula is C11H13N3O3S. The maximum Gasteiger partial charge on any atom is 0.350 e. The van der Waals surface area contributed by atoms with E-state index >= 15 is 0 Å². The molecule has 6 nitrogen and oxygen atoms in total. The average Bonchev–Trinajstić information content (AvgIpc) is 2.66. The predicted octanol–water partition coefficient (Wildman–Crippen LogP) is 0.947. The number of nitrogens with one attached hydrogen (secondary N) is 1. The molecule has 96 valence electrons. The highest BCUT2D eigenvalue weighted by molar-refractivity contribution is 7.13. The Morgan fingerprint density at radius 1 is 1.50 bits per heavy atom. The number of esters is 1. The first-order valence-corrected chi connectivity index (χ1v) is 6.11. The van der Waals surface area contributed by atoms with Crippen LogP contribution in [-0.4, -0.2) is 30.0 Å². The highest BCUT2D eigenvalue weighted by atomic mass is 32.1. The largest absolute Gasteiger partial charge is 0.451 e. The summed E-state index contributed by atoms with van der Waals surface area (Å²) in [4.78, 5) is 27.4. The number of rotatable bonds is 5. The summed E-state index contributed by atoms with van der Waals surface area (Å²) in [7, 11) is 0. The molecule has 0 radical (unpaired) electrons. The maximum absolute atomic E-state index is 11.6. The Hall–Kier alpha value is -1.94. The Labute approximate surface area is 109 Å². The molecule has 0 spiro atoms. The molecule has 0 atom stereocenters. The van der Waals surface area contributed by atoms with Gasteiger partial charge < -0.3 is 10.1 Å². The Morgan fingerprint density at radius 3 is 2.78 bits per heavy atom. The smallest absolute Gasteiger partial charge is 0.350 e. The molecule has 0 fully saturated rings. The van der Waals surface area contributed by atoms with Crippen LogP contribution in [-0.2, 0) is 9.53 Å². The number of hydrogen-bond acceptors (Lipinski definition) is 6. The number of nitrogens with zero attached hydrogens (tertiary/aromatic N) is 2. The fraction of sp³-hybridized carbons (Fsp3) is 0.455. The predicted molar refractivity (Wildman–Crippen MR) is 65.1 cm³/mol. The van der Waals surface area contributed by atoms with E-state index in [1.54, 1.807) is 13.8 Å². The average molecular weight is 267 g/mol. The van der Waals surface area contributed by atoms with Crippen molar-refractivity contribution < 1.29 is 14.3 Å². The van der Waals surface area contributed by atoms with Crippen LogP contribution in [0, 0.1) is 25.2 Å². The van der Waals surface area contributed by atoms with E-state index in [4.69, 9.17) is 10.00 Å². The van der Waals surface area contributed by atoms with E-state index in [-0.39, 0.29) is 19.6 Å². The van der Waals surface area contributed by atoms with Gasteiger partial charge >= 0.3 is 5.97 Å². The van der Waals surface area contributed by atoms with E-state index in [2.05, 4.69) is 10.3 Å². The Balaban J connectivity index is 2.40. The van der Waals surface area contributed by atoms with Crippen LogP contribution in [0.25, 0.3) is 0 Å². The van der Waals surface area contributed by atoms with Crippen molar-refractivity contribution in [1.82, 2.24) is 10.3 Å². The van der Waals surface area contributed by atoms with Crippen LogP contribution in [0.3, 0.4) is 0 Å². The first kappa shape index (κ1) is 14.1. The number of thiazole rings is 1. The first-order chi connectivity index (χ1) is 8.54. The van der Waals surface area contributed by atoms with Crippen LogP contribution in [0.2, 0.25) is 0 Å². The van der Waals surface area contributed by atoms with Crippen molar-refractivity contribution in [2.75, 3.05) is 13.2 Å². The highest BCUT2D eigenvalue weighted by Crippen LogP contribution is 2.17. The zero-order valence-electron chi connectivity index (χ0n) is 10.1. The molecule has 0 aliphatic rings. The van der Waals surface area contributed by atoms with Crippen LogP contribution in [0.4, 0.5) is 0 Å². The van der Waals surface area contributed by atoms with Gasteiger partial charge in [0.05, 0.1) is 23.2 Å². The van der Waals surface area contributed by atoms with Crippen molar-refractivity contribution in [1.29, 1.82) is 5.26 Å². The lowest BCUT2D eigenvalue weighted by atomic mass is 10.4. The number of aryl methyl sites for hydroxylation is 2. The molecule has 0 unspecified atom stereocenters. The number of nitriles is 1. The molecule has 1 rings (SSSR count). The van der Waals surface area contributed by atoms with Crippen LogP contribution >= 0.6 is 11.3 Å². The summed E-state index contributed by atoms with van der Waals surface area (Å²) in [5.74, 6) is -0.967. The molecular weight excluding hydrogens is 254 g/mol. The van der Waals surface area contributed by atoms with Gasteiger partial charge in [-0.05, 0) is 13.8 Å². The van der Waals surface area contributed by atoms with Gasteiger partial charge in [0.25, 0.3) is 5.91 Å². The molecule has 1 aromatic rings. The molecule has 0 saturated heterocycles. The number of hydrogen-bond donors (Lipinski definition) is 1. The summed E-state index contributed by atoms with van der Waals surface area (Å²) in [5, 5.41) is 11.5. The third-order valence-electron chi connectivity index (χ3n) is 1.98. The minimum absolute atomic E-state index is 0.229. The molecule has 7 heteroatoms. The lowest BCUT2D eigenvalue weighted by Gasteiger charge is -2.04. The Bertz CT molecular complexity index is 490. The molecule has 0 bridgehead atoms. The third-order valence-corrected chi connectivity index (χ3v) is 3.04.